The number of thiazole rings is 1. The number of ether oxygens (including phenoxy) is 2. The van der Waals surface area contributed by atoms with E-state index >= 15 is 0 Å². The Morgan fingerprint density at radius 1 is 1.38 bits per heavy atom. The largest absolute Gasteiger partial charge is 0.480 e. The molecule has 24 heavy (non-hydrogen) atoms. The molecule has 0 aliphatic heterocycles. The average Bonchev–Trinajstić information content (AvgIpc) is 2.94. The lowest BCUT2D eigenvalue weighted by Crippen LogP contribution is -2.18. The van der Waals surface area contributed by atoms with Gasteiger partial charge in [0.25, 0.3) is 5.56 Å². The Morgan fingerprint density at radius 2 is 2.17 bits per heavy atom. The number of carbonyl (C=O) groups is 1. The van der Waals surface area contributed by atoms with E-state index in [1.165, 1.54) is 21.8 Å². The number of esters is 1. The zero-order chi connectivity index (χ0) is 17.1. The molecule has 3 aromatic rings. The molecule has 0 spiro atoms. The second-order valence-electron chi connectivity index (χ2n) is 4.96. The van der Waals surface area contributed by atoms with E-state index in [0.29, 0.717) is 21.4 Å². The predicted molar refractivity (Wildman–Crippen MR) is 90.8 cm³/mol. The number of aryl methyl sites for hydroxylation is 1. The van der Waals surface area contributed by atoms with Gasteiger partial charge in [0.2, 0.25) is 0 Å². The lowest BCUT2D eigenvalue weighted by Gasteiger charge is -2.08. The number of benzene rings is 1. The summed E-state index contributed by atoms with van der Waals surface area (Å²) in [7, 11) is 0. The molecule has 0 unspecified atom stereocenters. The highest BCUT2D eigenvalue weighted by Crippen LogP contribution is 2.22. The van der Waals surface area contributed by atoms with Crippen molar-refractivity contribution in [2.45, 2.75) is 13.5 Å². The molecule has 0 bridgehead atoms. The molecular weight excluding hydrogens is 352 g/mol. The van der Waals surface area contributed by atoms with Crippen molar-refractivity contribution < 1.29 is 14.3 Å². The third kappa shape index (κ3) is 3.58. The molecule has 0 fully saturated rings. The van der Waals surface area contributed by atoms with Gasteiger partial charge >= 0.3 is 5.97 Å². The van der Waals surface area contributed by atoms with Gasteiger partial charge in [0, 0.05) is 17.1 Å². The fraction of sp³-hybridized carbons (Fsp3) is 0.188. The summed E-state index contributed by atoms with van der Waals surface area (Å²) in [5.41, 5.74) is 1.02. The molecule has 8 heteroatoms. The molecule has 0 N–H and O–H groups in total. The number of hydrogen-bond acceptors (Lipinski definition) is 6. The third-order valence-corrected chi connectivity index (χ3v) is 4.45. The van der Waals surface area contributed by atoms with Crippen molar-refractivity contribution in [3.05, 3.63) is 62.5 Å². The topological polar surface area (TPSA) is 69.9 Å². The van der Waals surface area contributed by atoms with Crippen LogP contribution in [0.1, 0.15) is 11.4 Å². The van der Waals surface area contributed by atoms with Gasteiger partial charge in [-0.2, -0.15) is 0 Å². The Hall–Kier alpha value is -2.38. The molecule has 0 saturated heterocycles. The monoisotopic (exact) mass is 364 g/mol. The van der Waals surface area contributed by atoms with E-state index in [4.69, 9.17) is 21.1 Å². The molecular formula is C16H13ClN2O4S. The van der Waals surface area contributed by atoms with Crippen molar-refractivity contribution in [2.24, 2.45) is 0 Å². The summed E-state index contributed by atoms with van der Waals surface area (Å²) in [5, 5.41) is 2.26. The number of rotatable bonds is 5. The van der Waals surface area contributed by atoms with Gasteiger partial charge in [0.05, 0.1) is 10.7 Å². The fourth-order valence-electron chi connectivity index (χ4n) is 2.07. The first kappa shape index (κ1) is 16.5. The molecule has 6 nitrogen and oxygen atoms in total. The molecule has 2 heterocycles. The Bertz CT molecular complexity index is 951. The number of nitrogens with zero attached hydrogens (tertiary/aromatic N) is 2. The molecule has 0 saturated carbocycles. The van der Waals surface area contributed by atoms with Crippen LogP contribution in [0.4, 0.5) is 0 Å². The van der Waals surface area contributed by atoms with Crippen LogP contribution in [0.15, 0.2) is 40.5 Å². The van der Waals surface area contributed by atoms with Crippen molar-refractivity contribution in [2.75, 3.05) is 6.61 Å². The minimum absolute atomic E-state index is 0.0899. The molecule has 2 aromatic heterocycles. The SMILES string of the molecule is Cc1csc2nc(COC(=O)COc3ccccc3Cl)cc(=O)n12. The van der Waals surface area contributed by atoms with Crippen molar-refractivity contribution in [3.8, 4) is 5.75 Å². The van der Waals surface area contributed by atoms with Gasteiger partial charge in [-0.25, -0.2) is 9.78 Å². The molecule has 0 atom stereocenters. The highest BCUT2D eigenvalue weighted by molar-refractivity contribution is 7.15. The summed E-state index contributed by atoms with van der Waals surface area (Å²) >= 11 is 7.29. The van der Waals surface area contributed by atoms with Crippen LogP contribution in [0.3, 0.4) is 0 Å². The smallest absolute Gasteiger partial charge is 0.344 e. The van der Waals surface area contributed by atoms with Gasteiger partial charge in [-0.3, -0.25) is 9.20 Å². The maximum absolute atomic E-state index is 12.0. The second-order valence-corrected chi connectivity index (χ2v) is 6.20. The van der Waals surface area contributed by atoms with Gasteiger partial charge in [0.15, 0.2) is 11.6 Å². The third-order valence-electron chi connectivity index (χ3n) is 3.19. The van der Waals surface area contributed by atoms with E-state index in [2.05, 4.69) is 4.98 Å². The van der Waals surface area contributed by atoms with Gasteiger partial charge in [0.1, 0.15) is 12.4 Å². The van der Waals surface area contributed by atoms with Crippen molar-refractivity contribution >= 4 is 33.9 Å². The van der Waals surface area contributed by atoms with Crippen LogP contribution in [0.25, 0.3) is 4.96 Å². The molecule has 0 aliphatic rings. The predicted octanol–water partition coefficient (Wildman–Crippen LogP) is 2.84. The minimum atomic E-state index is -0.570. The van der Waals surface area contributed by atoms with Crippen LogP contribution in [-0.4, -0.2) is 22.0 Å². The van der Waals surface area contributed by atoms with E-state index in [0.717, 1.165) is 5.69 Å². The Balaban J connectivity index is 1.60. The number of carbonyl (C=O) groups excluding carboxylic acids is 1. The maximum Gasteiger partial charge on any atom is 0.344 e. The van der Waals surface area contributed by atoms with E-state index in [1.807, 2.05) is 12.3 Å². The van der Waals surface area contributed by atoms with Gasteiger partial charge < -0.3 is 9.47 Å². The van der Waals surface area contributed by atoms with E-state index in [-0.39, 0.29) is 18.8 Å². The first-order valence-electron chi connectivity index (χ1n) is 7.04. The zero-order valence-electron chi connectivity index (χ0n) is 12.7. The minimum Gasteiger partial charge on any atom is -0.480 e. The van der Waals surface area contributed by atoms with Crippen molar-refractivity contribution in [3.63, 3.8) is 0 Å². The first-order chi connectivity index (χ1) is 11.5. The van der Waals surface area contributed by atoms with E-state index in [9.17, 15) is 9.59 Å². The number of fused-ring (bicyclic) bond motifs is 1. The number of aromatic nitrogens is 2. The number of hydrogen-bond donors (Lipinski definition) is 0. The first-order valence-corrected chi connectivity index (χ1v) is 8.30. The van der Waals surface area contributed by atoms with E-state index < -0.39 is 5.97 Å². The maximum atomic E-state index is 12.0. The molecule has 0 amide bonds. The molecule has 0 radical (unpaired) electrons. The lowest BCUT2D eigenvalue weighted by molar-refractivity contribution is -0.147. The normalized spacial score (nSPS) is 10.8. The molecule has 3 rings (SSSR count). The average molecular weight is 365 g/mol. The molecule has 0 aliphatic carbocycles. The highest BCUT2D eigenvalue weighted by Gasteiger charge is 2.10. The van der Waals surface area contributed by atoms with Gasteiger partial charge in [-0.05, 0) is 19.1 Å². The number of para-hydroxylation sites is 1. The molecule has 124 valence electrons. The molecule has 1 aromatic carbocycles. The highest BCUT2D eigenvalue weighted by atomic mass is 35.5. The fourth-order valence-corrected chi connectivity index (χ4v) is 3.15. The van der Waals surface area contributed by atoms with Gasteiger partial charge in [-0.1, -0.05) is 23.7 Å². The van der Waals surface area contributed by atoms with Crippen LogP contribution in [0.2, 0.25) is 5.02 Å². The van der Waals surface area contributed by atoms with Gasteiger partial charge in [-0.15, -0.1) is 11.3 Å². The Labute approximate surface area is 146 Å². The number of halogens is 1. The van der Waals surface area contributed by atoms with Crippen LogP contribution in [0.5, 0.6) is 5.75 Å². The quantitative estimate of drug-likeness (QED) is 0.651. The zero-order valence-corrected chi connectivity index (χ0v) is 14.3. The Kier molecular flexibility index (Phi) is 4.82. The lowest BCUT2D eigenvalue weighted by atomic mass is 10.3. The van der Waals surface area contributed by atoms with Crippen molar-refractivity contribution in [1.29, 1.82) is 0 Å². The van der Waals surface area contributed by atoms with Crippen LogP contribution in [0, 0.1) is 6.92 Å². The summed E-state index contributed by atoms with van der Waals surface area (Å²) in [4.78, 5) is 28.7. The summed E-state index contributed by atoms with van der Waals surface area (Å²) in [6, 6.07) is 8.19. The van der Waals surface area contributed by atoms with Crippen LogP contribution in [-0.2, 0) is 16.1 Å². The standard InChI is InChI=1S/C16H13ClN2O4S/c1-10-9-24-16-18-11(6-14(20)19(10)16)7-23-15(21)8-22-13-5-3-2-4-12(13)17/h2-6,9H,7-8H2,1H3. The Morgan fingerprint density at radius 3 is 2.96 bits per heavy atom. The summed E-state index contributed by atoms with van der Waals surface area (Å²) < 4.78 is 11.9. The summed E-state index contributed by atoms with van der Waals surface area (Å²) in [6.45, 7) is 1.47. The summed E-state index contributed by atoms with van der Waals surface area (Å²) in [5.74, 6) is -0.165. The van der Waals surface area contributed by atoms with Crippen molar-refractivity contribution in [1.82, 2.24) is 9.38 Å². The van der Waals surface area contributed by atoms with Crippen LogP contribution >= 0.6 is 22.9 Å². The van der Waals surface area contributed by atoms with Crippen LogP contribution < -0.4 is 10.3 Å². The second kappa shape index (κ2) is 7.02. The summed E-state index contributed by atoms with van der Waals surface area (Å²) in [6.07, 6.45) is 0. The van der Waals surface area contributed by atoms with E-state index in [1.54, 1.807) is 24.3 Å².